The number of fused-ring (bicyclic) bond motifs is 2. The van der Waals surface area contributed by atoms with Gasteiger partial charge < -0.3 is 15.4 Å². The van der Waals surface area contributed by atoms with Crippen molar-refractivity contribution in [2.24, 2.45) is 0 Å². The van der Waals surface area contributed by atoms with Gasteiger partial charge in [0.25, 0.3) is 5.56 Å². The van der Waals surface area contributed by atoms with Crippen molar-refractivity contribution in [3.8, 4) is 5.82 Å². The summed E-state index contributed by atoms with van der Waals surface area (Å²) in [6.45, 7) is 5.63. The van der Waals surface area contributed by atoms with Crippen LogP contribution in [0.5, 0.6) is 0 Å². The van der Waals surface area contributed by atoms with Crippen LogP contribution in [0.2, 0.25) is 0 Å². The number of rotatable bonds is 5. The maximum absolute atomic E-state index is 13.0. The predicted molar refractivity (Wildman–Crippen MR) is 121 cm³/mol. The number of nitrogens with zero attached hydrogens (tertiary/aromatic N) is 6. The zero-order valence-electron chi connectivity index (χ0n) is 17.9. The first kappa shape index (κ1) is 19.9. The van der Waals surface area contributed by atoms with Crippen LogP contribution in [-0.4, -0.2) is 39.4 Å². The van der Waals surface area contributed by atoms with Crippen LogP contribution in [0.4, 0.5) is 11.6 Å². The molecule has 0 spiro atoms. The van der Waals surface area contributed by atoms with Gasteiger partial charge in [0.1, 0.15) is 11.0 Å². The van der Waals surface area contributed by atoms with Crippen LogP contribution in [0.25, 0.3) is 27.9 Å². The van der Waals surface area contributed by atoms with E-state index in [4.69, 9.17) is 0 Å². The molecule has 0 aliphatic rings. The van der Waals surface area contributed by atoms with Crippen molar-refractivity contribution in [1.29, 1.82) is 0 Å². The molecule has 0 bridgehead atoms. The molecule has 4 aromatic heterocycles. The van der Waals surface area contributed by atoms with E-state index in [0.717, 1.165) is 16.7 Å². The molecule has 0 aliphatic heterocycles. The minimum Gasteiger partial charge on any atom is -0.384 e. The van der Waals surface area contributed by atoms with Crippen molar-refractivity contribution in [3.05, 3.63) is 65.0 Å². The summed E-state index contributed by atoms with van der Waals surface area (Å²) >= 11 is 0. The molecule has 0 radical (unpaired) electrons. The lowest BCUT2D eigenvalue weighted by molar-refractivity contribution is 0.0738. The summed E-state index contributed by atoms with van der Waals surface area (Å²) in [5.74, 6) is 0.828. The second-order valence-corrected chi connectivity index (χ2v) is 7.96. The summed E-state index contributed by atoms with van der Waals surface area (Å²) in [4.78, 5) is 33.8. The number of H-pyrrole nitrogens is 1. The number of aromatic nitrogens is 7. The van der Waals surface area contributed by atoms with Gasteiger partial charge in [-0.2, -0.15) is 4.98 Å². The quantitative estimate of drug-likeness (QED) is 0.391. The highest BCUT2D eigenvalue weighted by molar-refractivity contribution is 5.81. The lowest BCUT2D eigenvalue weighted by Crippen LogP contribution is -2.23. The van der Waals surface area contributed by atoms with Gasteiger partial charge in [-0.25, -0.2) is 24.3 Å². The fraction of sp³-hybridized carbons (Fsp3) is 0.227. The first-order valence-electron chi connectivity index (χ1n) is 10.2. The number of nitrogens with one attached hydrogen (secondary N) is 2. The Bertz CT molecular complexity index is 1510. The fourth-order valence-corrected chi connectivity index (χ4v) is 3.63. The number of aromatic amines is 1. The molecule has 0 amide bonds. The van der Waals surface area contributed by atoms with Crippen molar-refractivity contribution >= 4 is 33.7 Å². The molecule has 4 heterocycles. The van der Waals surface area contributed by atoms with Gasteiger partial charge in [-0.1, -0.05) is 6.07 Å². The average Bonchev–Trinajstić information content (AvgIpc) is 3.34. The normalized spacial score (nSPS) is 12.0. The lowest BCUT2D eigenvalue weighted by Gasteiger charge is -2.18. The van der Waals surface area contributed by atoms with Crippen LogP contribution in [0.15, 0.2) is 53.7 Å². The van der Waals surface area contributed by atoms with E-state index in [-0.39, 0.29) is 5.56 Å². The number of benzene rings is 1. The van der Waals surface area contributed by atoms with Crippen LogP contribution < -0.4 is 10.9 Å². The molecule has 5 rings (SSSR count). The first-order chi connectivity index (χ1) is 15.3. The van der Waals surface area contributed by atoms with Crippen LogP contribution >= 0.6 is 0 Å². The van der Waals surface area contributed by atoms with Crippen molar-refractivity contribution in [1.82, 2.24) is 34.3 Å². The van der Waals surface area contributed by atoms with Gasteiger partial charge >= 0.3 is 0 Å². The van der Waals surface area contributed by atoms with E-state index in [1.807, 2.05) is 25.1 Å². The number of aliphatic hydroxyl groups is 1. The van der Waals surface area contributed by atoms with E-state index in [9.17, 15) is 9.90 Å². The third-order valence-electron chi connectivity index (χ3n) is 5.23. The second kappa shape index (κ2) is 7.27. The zero-order chi connectivity index (χ0) is 22.5. The molecule has 32 heavy (non-hydrogen) atoms. The van der Waals surface area contributed by atoms with E-state index in [1.165, 1.54) is 6.20 Å². The Morgan fingerprint density at radius 2 is 2.00 bits per heavy atom. The molecule has 3 N–H and O–H groups in total. The molecule has 0 unspecified atom stereocenters. The van der Waals surface area contributed by atoms with Crippen molar-refractivity contribution in [2.45, 2.75) is 32.9 Å². The van der Waals surface area contributed by atoms with E-state index >= 15 is 0 Å². The molecule has 0 fully saturated rings. The molecule has 0 saturated carbocycles. The number of hydrogen-bond donors (Lipinski definition) is 3. The third kappa shape index (κ3) is 3.30. The standard InChI is InChI=1S/C22H22N8O2/c1-4-29-20(31)14-11-23-21(26-13-8-9-15-16(10-13)25-12-24-15)28-19(14)30(29)18-7-5-6-17(27-18)22(2,3)32/h5-12,32H,4H2,1-3H3,(H,24,25)(H,23,26,28). The smallest absolute Gasteiger partial charge is 0.278 e. The summed E-state index contributed by atoms with van der Waals surface area (Å²) in [6.07, 6.45) is 3.15. The summed E-state index contributed by atoms with van der Waals surface area (Å²) < 4.78 is 3.21. The molecule has 0 aliphatic carbocycles. The molecule has 0 atom stereocenters. The second-order valence-electron chi connectivity index (χ2n) is 7.96. The van der Waals surface area contributed by atoms with Crippen LogP contribution in [-0.2, 0) is 12.1 Å². The number of pyridine rings is 1. The molecule has 5 aromatic rings. The maximum Gasteiger partial charge on any atom is 0.278 e. The van der Waals surface area contributed by atoms with Crippen molar-refractivity contribution in [3.63, 3.8) is 0 Å². The highest BCUT2D eigenvalue weighted by Gasteiger charge is 2.21. The largest absolute Gasteiger partial charge is 0.384 e. The van der Waals surface area contributed by atoms with Crippen LogP contribution in [0.1, 0.15) is 26.5 Å². The predicted octanol–water partition coefficient (Wildman–Crippen LogP) is 2.84. The van der Waals surface area contributed by atoms with Gasteiger partial charge in [-0.05, 0) is 51.1 Å². The highest BCUT2D eigenvalue weighted by Crippen LogP contribution is 2.22. The van der Waals surface area contributed by atoms with E-state index in [0.29, 0.717) is 35.0 Å². The van der Waals surface area contributed by atoms with Crippen LogP contribution in [0.3, 0.4) is 0 Å². The Morgan fingerprint density at radius 3 is 2.78 bits per heavy atom. The third-order valence-corrected chi connectivity index (χ3v) is 5.23. The SMILES string of the molecule is CCn1c(=O)c2cnc(Nc3ccc4[nH]cnc4c3)nc2n1-c1cccc(C(C)(C)O)n1. The van der Waals surface area contributed by atoms with E-state index in [2.05, 4.69) is 30.2 Å². The van der Waals surface area contributed by atoms with Gasteiger partial charge in [-0.15, -0.1) is 0 Å². The molecule has 162 valence electrons. The van der Waals surface area contributed by atoms with Gasteiger partial charge in [0.15, 0.2) is 11.5 Å². The Balaban J connectivity index is 1.64. The van der Waals surface area contributed by atoms with Crippen LogP contribution in [0, 0.1) is 0 Å². The Labute approximate surface area is 182 Å². The minimum absolute atomic E-state index is 0.206. The number of imidazole rings is 1. The molecular weight excluding hydrogens is 408 g/mol. The fourth-order valence-electron chi connectivity index (χ4n) is 3.63. The Hall–Kier alpha value is -4.05. The summed E-state index contributed by atoms with van der Waals surface area (Å²) in [5, 5.41) is 14.0. The highest BCUT2D eigenvalue weighted by atomic mass is 16.3. The molecule has 10 heteroatoms. The number of anilines is 2. The monoisotopic (exact) mass is 430 g/mol. The van der Waals surface area contributed by atoms with Crippen molar-refractivity contribution < 1.29 is 5.11 Å². The summed E-state index contributed by atoms with van der Waals surface area (Å²) in [6, 6.07) is 11.0. The van der Waals surface area contributed by atoms with Gasteiger partial charge in [0.05, 0.1) is 23.1 Å². The number of hydrogen-bond acceptors (Lipinski definition) is 7. The molecule has 0 saturated heterocycles. The Morgan fingerprint density at radius 1 is 1.16 bits per heavy atom. The van der Waals surface area contributed by atoms with E-state index < -0.39 is 5.60 Å². The molecule has 1 aromatic carbocycles. The lowest BCUT2D eigenvalue weighted by atomic mass is 10.1. The average molecular weight is 430 g/mol. The molecular formula is C22H22N8O2. The van der Waals surface area contributed by atoms with Crippen molar-refractivity contribution in [2.75, 3.05) is 5.32 Å². The van der Waals surface area contributed by atoms with Gasteiger partial charge in [0.2, 0.25) is 5.95 Å². The topological polar surface area (TPSA) is 127 Å². The maximum atomic E-state index is 13.0. The first-order valence-corrected chi connectivity index (χ1v) is 10.2. The zero-order valence-corrected chi connectivity index (χ0v) is 17.9. The molecule has 10 nitrogen and oxygen atoms in total. The Kier molecular flexibility index (Phi) is 4.52. The summed E-state index contributed by atoms with van der Waals surface area (Å²) in [7, 11) is 0. The van der Waals surface area contributed by atoms with E-state index in [1.54, 1.807) is 47.7 Å². The van der Waals surface area contributed by atoms with Gasteiger partial charge in [0, 0.05) is 18.4 Å². The minimum atomic E-state index is -1.12. The summed E-state index contributed by atoms with van der Waals surface area (Å²) in [5.41, 5.74) is 2.11. The van der Waals surface area contributed by atoms with Gasteiger partial charge in [-0.3, -0.25) is 4.79 Å².